The molecule has 0 bridgehead atoms. The summed E-state index contributed by atoms with van der Waals surface area (Å²) in [6.45, 7) is 6.87. The van der Waals surface area contributed by atoms with Crippen LogP contribution in [-0.2, 0) is 11.4 Å². The van der Waals surface area contributed by atoms with Crippen LogP contribution in [0, 0.1) is 6.92 Å². The fourth-order valence-electron chi connectivity index (χ4n) is 5.06. The number of rotatable bonds is 9. The Hall–Kier alpha value is -3.49. The number of carbonyl (C=O) groups excluding carboxylic acids is 2. The number of likely N-dealkylation sites (tertiary alicyclic amines) is 1. The van der Waals surface area contributed by atoms with Gasteiger partial charge in [0, 0.05) is 28.8 Å². The largest absolute Gasteiger partial charge is 0.489 e. The third-order valence-corrected chi connectivity index (χ3v) is 6.64. The predicted octanol–water partition coefficient (Wildman–Crippen LogP) is 3.99. The molecule has 8 heteroatoms. The molecule has 1 aromatic heterocycles. The summed E-state index contributed by atoms with van der Waals surface area (Å²) in [5.41, 5.74) is 4.40. The summed E-state index contributed by atoms with van der Waals surface area (Å²) in [5.74, 6) is -0.0936. The van der Waals surface area contributed by atoms with Crippen molar-refractivity contribution in [2.24, 2.45) is 0 Å². The van der Waals surface area contributed by atoms with Gasteiger partial charge in [-0.05, 0) is 75.7 Å². The molecule has 2 aromatic carbocycles. The number of carbonyl (C=O) groups is 2. The Kier molecular flexibility index (Phi) is 8.18. The van der Waals surface area contributed by atoms with Crippen LogP contribution in [0.1, 0.15) is 54.2 Å². The molecule has 1 fully saturated rings. The second-order valence-corrected chi connectivity index (χ2v) is 9.58. The fraction of sp³-hybridized carbons (Fsp3) is 0.393. The van der Waals surface area contributed by atoms with E-state index in [0.717, 1.165) is 48.1 Å². The lowest BCUT2D eigenvalue weighted by molar-refractivity contribution is -0.131. The molecule has 0 radical (unpaired) electrons. The SMILES string of the molecule is CCCN1CCCC(CC(=O)NO)(NC(=O)c2ccc(OCc3cc(C)nc4ccccc34)cc2)C1. The van der Waals surface area contributed by atoms with E-state index < -0.39 is 11.4 Å². The van der Waals surface area contributed by atoms with Crippen molar-refractivity contribution < 1.29 is 19.5 Å². The standard InChI is InChI=1S/C28H34N4O4/c1-3-14-32-15-6-13-28(19-32,17-26(33)31-35)30-27(34)21-9-11-23(12-10-21)36-18-22-16-20(2)29-25-8-5-4-7-24(22)25/h4-5,7-12,16,35H,3,6,13-15,17-19H2,1-2H3,(H,30,34)(H,31,33). The Bertz CT molecular complexity index is 1210. The molecule has 0 aliphatic carbocycles. The summed E-state index contributed by atoms with van der Waals surface area (Å²) in [5, 5.41) is 13.3. The molecule has 4 rings (SSSR count). The van der Waals surface area contributed by atoms with Gasteiger partial charge < -0.3 is 15.0 Å². The van der Waals surface area contributed by atoms with Crippen LogP contribution in [0.4, 0.5) is 0 Å². The van der Waals surface area contributed by atoms with Gasteiger partial charge in [-0.2, -0.15) is 0 Å². The number of aromatic nitrogens is 1. The van der Waals surface area contributed by atoms with E-state index in [9.17, 15) is 9.59 Å². The van der Waals surface area contributed by atoms with E-state index in [1.165, 1.54) is 0 Å². The number of hydroxylamine groups is 1. The van der Waals surface area contributed by atoms with E-state index in [1.807, 2.05) is 37.3 Å². The highest BCUT2D eigenvalue weighted by molar-refractivity contribution is 5.95. The van der Waals surface area contributed by atoms with E-state index in [-0.39, 0.29) is 12.3 Å². The van der Waals surface area contributed by atoms with Gasteiger partial charge in [-0.25, -0.2) is 5.48 Å². The lowest BCUT2D eigenvalue weighted by Gasteiger charge is -2.43. The van der Waals surface area contributed by atoms with Gasteiger partial charge in [0.15, 0.2) is 0 Å². The number of piperidine rings is 1. The summed E-state index contributed by atoms with van der Waals surface area (Å²) in [6, 6.07) is 17.0. The minimum Gasteiger partial charge on any atom is -0.489 e. The fourth-order valence-corrected chi connectivity index (χ4v) is 5.06. The van der Waals surface area contributed by atoms with Gasteiger partial charge in [-0.1, -0.05) is 25.1 Å². The van der Waals surface area contributed by atoms with Crippen molar-refractivity contribution in [3.05, 3.63) is 71.4 Å². The first kappa shape index (κ1) is 25.6. The Balaban J connectivity index is 1.44. The smallest absolute Gasteiger partial charge is 0.251 e. The van der Waals surface area contributed by atoms with Crippen LogP contribution in [0.15, 0.2) is 54.6 Å². The Morgan fingerprint density at radius 2 is 1.94 bits per heavy atom. The van der Waals surface area contributed by atoms with Crippen molar-refractivity contribution in [3.8, 4) is 5.75 Å². The summed E-state index contributed by atoms with van der Waals surface area (Å²) >= 11 is 0. The zero-order chi connectivity index (χ0) is 25.5. The topological polar surface area (TPSA) is 104 Å². The molecule has 3 N–H and O–H groups in total. The number of para-hydroxylation sites is 1. The zero-order valence-electron chi connectivity index (χ0n) is 20.9. The number of nitrogens with zero attached hydrogens (tertiary/aromatic N) is 2. The number of ether oxygens (including phenoxy) is 1. The summed E-state index contributed by atoms with van der Waals surface area (Å²) in [4.78, 5) is 32.0. The molecule has 1 unspecified atom stereocenters. The van der Waals surface area contributed by atoms with Gasteiger partial charge in [-0.15, -0.1) is 0 Å². The quantitative estimate of drug-likeness (QED) is 0.310. The van der Waals surface area contributed by atoms with Gasteiger partial charge in [0.05, 0.1) is 17.5 Å². The van der Waals surface area contributed by atoms with Crippen LogP contribution in [0.25, 0.3) is 10.9 Å². The van der Waals surface area contributed by atoms with Crippen LogP contribution in [0.3, 0.4) is 0 Å². The minimum atomic E-state index is -0.729. The first-order chi connectivity index (χ1) is 17.4. The van der Waals surface area contributed by atoms with Crippen molar-refractivity contribution in [1.29, 1.82) is 0 Å². The number of aryl methyl sites for hydroxylation is 1. The molecule has 0 spiro atoms. The molecule has 1 atom stereocenters. The minimum absolute atomic E-state index is 0.0238. The number of fused-ring (bicyclic) bond motifs is 1. The molecule has 3 aromatic rings. The number of benzene rings is 2. The van der Waals surface area contributed by atoms with E-state index >= 15 is 0 Å². The molecule has 190 valence electrons. The maximum Gasteiger partial charge on any atom is 0.251 e. The highest BCUT2D eigenvalue weighted by atomic mass is 16.5. The lowest BCUT2D eigenvalue weighted by Crippen LogP contribution is -2.60. The van der Waals surface area contributed by atoms with Crippen LogP contribution >= 0.6 is 0 Å². The molecular formula is C28H34N4O4. The second kappa shape index (κ2) is 11.5. The first-order valence-electron chi connectivity index (χ1n) is 12.5. The van der Waals surface area contributed by atoms with Crippen LogP contribution in [0.5, 0.6) is 5.75 Å². The number of pyridine rings is 1. The molecule has 1 aliphatic heterocycles. The van der Waals surface area contributed by atoms with Gasteiger partial charge in [0.2, 0.25) is 5.91 Å². The molecule has 8 nitrogen and oxygen atoms in total. The van der Waals surface area contributed by atoms with Crippen molar-refractivity contribution >= 4 is 22.7 Å². The van der Waals surface area contributed by atoms with Crippen LogP contribution in [-0.4, -0.2) is 52.1 Å². The maximum atomic E-state index is 13.2. The van der Waals surface area contributed by atoms with Gasteiger partial charge in [0.1, 0.15) is 12.4 Å². The first-order valence-corrected chi connectivity index (χ1v) is 12.5. The maximum absolute atomic E-state index is 13.2. The average Bonchev–Trinajstić information content (AvgIpc) is 2.87. The van der Waals surface area contributed by atoms with Crippen LogP contribution < -0.4 is 15.5 Å². The lowest BCUT2D eigenvalue weighted by atomic mass is 9.85. The zero-order valence-corrected chi connectivity index (χ0v) is 20.9. The molecule has 1 aliphatic rings. The van der Waals surface area contributed by atoms with E-state index in [0.29, 0.717) is 30.9 Å². The second-order valence-electron chi connectivity index (χ2n) is 9.58. The van der Waals surface area contributed by atoms with Crippen molar-refractivity contribution in [2.45, 2.75) is 51.7 Å². The summed E-state index contributed by atoms with van der Waals surface area (Å²) in [7, 11) is 0. The Morgan fingerprint density at radius 1 is 1.17 bits per heavy atom. The Labute approximate surface area is 211 Å². The van der Waals surface area contributed by atoms with Crippen molar-refractivity contribution in [2.75, 3.05) is 19.6 Å². The normalized spacial score (nSPS) is 18.1. The van der Waals surface area contributed by atoms with Gasteiger partial charge >= 0.3 is 0 Å². The summed E-state index contributed by atoms with van der Waals surface area (Å²) < 4.78 is 6.02. The number of hydrogen-bond donors (Lipinski definition) is 3. The van der Waals surface area contributed by atoms with Crippen molar-refractivity contribution in [3.63, 3.8) is 0 Å². The number of hydrogen-bond acceptors (Lipinski definition) is 6. The monoisotopic (exact) mass is 490 g/mol. The number of amides is 2. The molecular weight excluding hydrogens is 456 g/mol. The third-order valence-electron chi connectivity index (χ3n) is 6.64. The Morgan fingerprint density at radius 3 is 2.69 bits per heavy atom. The van der Waals surface area contributed by atoms with Gasteiger partial charge in [0.25, 0.3) is 5.91 Å². The molecule has 1 saturated heterocycles. The van der Waals surface area contributed by atoms with E-state index in [4.69, 9.17) is 9.94 Å². The molecule has 2 amide bonds. The third kappa shape index (κ3) is 6.19. The molecule has 36 heavy (non-hydrogen) atoms. The van der Waals surface area contributed by atoms with Crippen LogP contribution in [0.2, 0.25) is 0 Å². The highest BCUT2D eigenvalue weighted by Crippen LogP contribution is 2.26. The molecule has 2 heterocycles. The van der Waals surface area contributed by atoms with E-state index in [2.05, 4.69) is 22.1 Å². The average molecular weight is 491 g/mol. The van der Waals surface area contributed by atoms with E-state index in [1.54, 1.807) is 29.7 Å². The molecule has 0 saturated carbocycles. The predicted molar refractivity (Wildman–Crippen MR) is 138 cm³/mol. The summed E-state index contributed by atoms with van der Waals surface area (Å²) in [6.07, 6.45) is 2.56. The number of nitrogens with one attached hydrogen (secondary N) is 2. The van der Waals surface area contributed by atoms with Gasteiger partial charge in [-0.3, -0.25) is 19.8 Å². The highest BCUT2D eigenvalue weighted by Gasteiger charge is 2.38. The van der Waals surface area contributed by atoms with Crippen molar-refractivity contribution in [1.82, 2.24) is 20.7 Å².